The Kier molecular flexibility index (Phi) is 6.63. The summed E-state index contributed by atoms with van der Waals surface area (Å²) in [5.74, 6) is -0.190. The van der Waals surface area contributed by atoms with Crippen molar-refractivity contribution < 1.29 is 9.59 Å². The van der Waals surface area contributed by atoms with Crippen LogP contribution in [0.3, 0.4) is 0 Å². The Morgan fingerprint density at radius 1 is 0.968 bits per heavy atom. The average molecular weight is 434 g/mol. The Bertz CT molecular complexity index is 995. The lowest BCUT2D eigenvalue weighted by molar-refractivity contribution is -0.126. The third-order valence-corrected chi connectivity index (χ3v) is 5.86. The fraction of sp³-hybridized carbons (Fsp3) is 0.240. The highest BCUT2D eigenvalue weighted by Crippen LogP contribution is 2.24. The predicted octanol–water partition coefficient (Wildman–Crippen LogP) is 4.49. The highest BCUT2D eigenvalue weighted by molar-refractivity contribution is 6.30. The van der Waals surface area contributed by atoms with E-state index < -0.39 is 0 Å². The smallest absolute Gasteiger partial charge is 0.253 e. The number of aromatic nitrogens is 1. The molecule has 1 aromatic heterocycles. The van der Waals surface area contributed by atoms with Gasteiger partial charge in [-0.05, 0) is 48.7 Å². The van der Waals surface area contributed by atoms with Gasteiger partial charge in [0.25, 0.3) is 5.91 Å². The van der Waals surface area contributed by atoms with Crippen molar-refractivity contribution in [2.75, 3.05) is 13.1 Å². The molecule has 1 fully saturated rings. The zero-order chi connectivity index (χ0) is 21.6. The number of amides is 2. The number of rotatable bonds is 5. The lowest BCUT2D eigenvalue weighted by atomic mass is 9.94. The van der Waals surface area contributed by atoms with Crippen LogP contribution in [0.1, 0.15) is 40.5 Å². The van der Waals surface area contributed by atoms with E-state index in [1.807, 2.05) is 48.5 Å². The molecule has 1 aliphatic heterocycles. The number of nitrogens with zero attached hydrogens (tertiary/aromatic N) is 2. The lowest BCUT2D eigenvalue weighted by Crippen LogP contribution is -2.44. The van der Waals surface area contributed by atoms with Gasteiger partial charge in [-0.2, -0.15) is 0 Å². The molecule has 5 nitrogen and oxygen atoms in total. The van der Waals surface area contributed by atoms with Crippen LogP contribution in [0.15, 0.2) is 79.0 Å². The molecule has 1 N–H and O–H groups in total. The highest BCUT2D eigenvalue weighted by Gasteiger charge is 2.29. The van der Waals surface area contributed by atoms with Crippen molar-refractivity contribution in [2.24, 2.45) is 5.92 Å². The summed E-state index contributed by atoms with van der Waals surface area (Å²) in [5.41, 5.74) is 2.37. The largest absolute Gasteiger partial charge is 0.343 e. The molecule has 4 rings (SSSR count). The zero-order valence-electron chi connectivity index (χ0n) is 17.1. The second kappa shape index (κ2) is 9.75. The van der Waals surface area contributed by atoms with Crippen LogP contribution in [0.5, 0.6) is 0 Å². The van der Waals surface area contributed by atoms with Crippen LogP contribution in [-0.4, -0.2) is 34.8 Å². The van der Waals surface area contributed by atoms with Crippen molar-refractivity contribution in [3.8, 4) is 0 Å². The Balaban J connectivity index is 1.41. The van der Waals surface area contributed by atoms with Crippen molar-refractivity contribution in [3.05, 3.63) is 101 Å². The summed E-state index contributed by atoms with van der Waals surface area (Å²) >= 11 is 6.01. The van der Waals surface area contributed by atoms with E-state index in [-0.39, 0.29) is 23.8 Å². The number of carbonyl (C=O) groups excluding carboxylic acids is 2. The van der Waals surface area contributed by atoms with Crippen LogP contribution in [0, 0.1) is 5.92 Å². The zero-order valence-corrected chi connectivity index (χ0v) is 17.8. The minimum absolute atomic E-state index is 0.00522. The minimum Gasteiger partial charge on any atom is -0.343 e. The standard InChI is InChI=1S/C25H24ClN3O2/c26-21-10-6-9-20(17-21)25(31)29-15-12-19(13-16-29)24(30)28-23(18-7-2-1-3-8-18)22-11-4-5-14-27-22/h1-11,14,17,19,23H,12-13,15-16H2,(H,28,30). The van der Waals surface area contributed by atoms with E-state index >= 15 is 0 Å². The SMILES string of the molecule is O=C(NC(c1ccccc1)c1ccccn1)C1CCN(C(=O)c2cccc(Cl)c2)CC1. The van der Waals surface area contributed by atoms with Gasteiger partial charge in [0.05, 0.1) is 11.7 Å². The molecule has 2 heterocycles. The van der Waals surface area contributed by atoms with E-state index in [0.717, 1.165) is 11.3 Å². The van der Waals surface area contributed by atoms with Crippen LogP contribution >= 0.6 is 11.6 Å². The summed E-state index contributed by atoms with van der Waals surface area (Å²) in [6, 6.07) is 22.2. The molecule has 1 unspecified atom stereocenters. The number of hydrogen-bond acceptors (Lipinski definition) is 3. The fourth-order valence-corrected chi connectivity index (χ4v) is 4.12. The molecule has 0 aliphatic carbocycles. The number of piperidine rings is 1. The number of halogens is 1. The van der Waals surface area contributed by atoms with E-state index in [1.54, 1.807) is 35.4 Å². The summed E-state index contributed by atoms with van der Waals surface area (Å²) in [6.45, 7) is 1.09. The summed E-state index contributed by atoms with van der Waals surface area (Å²) in [6.07, 6.45) is 2.99. The highest BCUT2D eigenvalue weighted by atomic mass is 35.5. The molecule has 2 amide bonds. The first-order valence-electron chi connectivity index (χ1n) is 10.4. The van der Waals surface area contributed by atoms with Crippen LogP contribution in [0.2, 0.25) is 5.02 Å². The molecule has 1 aliphatic rings. The first kappa shape index (κ1) is 21.1. The molecular formula is C25H24ClN3O2. The van der Waals surface area contributed by atoms with E-state index in [4.69, 9.17) is 11.6 Å². The lowest BCUT2D eigenvalue weighted by Gasteiger charge is -2.32. The summed E-state index contributed by atoms with van der Waals surface area (Å²) in [5, 5.41) is 3.72. The second-order valence-electron chi connectivity index (χ2n) is 7.68. The maximum atomic E-state index is 13.1. The maximum absolute atomic E-state index is 13.1. The third kappa shape index (κ3) is 5.12. The number of pyridine rings is 1. The Labute approximate surface area is 187 Å². The van der Waals surface area contributed by atoms with Gasteiger partial charge in [-0.3, -0.25) is 14.6 Å². The summed E-state index contributed by atoms with van der Waals surface area (Å²) < 4.78 is 0. The predicted molar refractivity (Wildman–Crippen MR) is 121 cm³/mol. The van der Waals surface area contributed by atoms with E-state index in [0.29, 0.717) is 36.5 Å². The Morgan fingerprint density at radius 2 is 1.71 bits per heavy atom. The van der Waals surface area contributed by atoms with Gasteiger partial charge < -0.3 is 10.2 Å². The van der Waals surface area contributed by atoms with Crippen molar-refractivity contribution >= 4 is 23.4 Å². The molecule has 2 aromatic carbocycles. The van der Waals surface area contributed by atoms with Gasteiger partial charge >= 0.3 is 0 Å². The van der Waals surface area contributed by atoms with Crippen molar-refractivity contribution in [1.82, 2.24) is 15.2 Å². The molecule has 3 aromatic rings. The quantitative estimate of drug-likeness (QED) is 0.644. The van der Waals surface area contributed by atoms with E-state index in [2.05, 4.69) is 10.3 Å². The number of carbonyl (C=O) groups is 2. The molecular weight excluding hydrogens is 410 g/mol. The van der Waals surface area contributed by atoms with Crippen molar-refractivity contribution in [3.63, 3.8) is 0 Å². The van der Waals surface area contributed by atoms with Gasteiger partial charge in [0, 0.05) is 35.8 Å². The molecule has 0 spiro atoms. The number of hydrogen-bond donors (Lipinski definition) is 1. The third-order valence-electron chi connectivity index (χ3n) is 5.63. The van der Waals surface area contributed by atoms with Crippen LogP contribution in [0.4, 0.5) is 0 Å². The van der Waals surface area contributed by atoms with Gasteiger partial charge in [-0.15, -0.1) is 0 Å². The summed E-state index contributed by atoms with van der Waals surface area (Å²) in [7, 11) is 0. The number of nitrogens with one attached hydrogen (secondary N) is 1. The normalized spacial score (nSPS) is 15.3. The van der Waals surface area contributed by atoms with Crippen LogP contribution in [0.25, 0.3) is 0 Å². The molecule has 0 radical (unpaired) electrons. The summed E-state index contributed by atoms with van der Waals surface area (Å²) in [4.78, 5) is 32.1. The monoisotopic (exact) mass is 433 g/mol. The Morgan fingerprint density at radius 3 is 2.39 bits per heavy atom. The molecule has 1 saturated heterocycles. The van der Waals surface area contributed by atoms with Gasteiger partial charge in [0.15, 0.2) is 0 Å². The van der Waals surface area contributed by atoms with Gasteiger partial charge in [-0.25, -0.2) is 0 Å². The van der Waals surface area contributed by atoms with Gasteiger partial charge in [0.1, 0.15) is 0 Å². The number of likely N-dealkylation sites (tertiary alicyclic amines) is 1. The molecule has 0 bridgehead atoms. The van der Waals surface area contributed by atoms with E-state index in [9.17, 15) is 9.59 Å². The fourth-order valence-electron chi connectivity index (χ4n) is 3.93. The topological polar surface area (TPSA) is 62.3 Å². The van der Waals surface area contributed by atoms with Crippen LogP contribution < -0.4 is 5.32 Å². The number of benzene rings is 2. The van der Waals surface area contributed by atoms with Gasteiger partial charge in [-0.1, -0.05) is 54.1 Å². The van der Waals surface area contributed by atoms with E-state index in [1.165, 1.54) is 0 Å². The van der Waals surface area contributed by atoms with Crippen molar-refractivity contribution in [1.29, 1.82) is 0 Å². The molecule has 1 atom stereocenters. The van der Waals surface area contributed by atoms with Crippen LogP contribution in [-0.2, 0) is 4.79 Å². The average Bonchev–Trinajstić information content (AvgIpc) is 2.83. The van der Waals surface area contributed by atoms with Gasteiger partial charge in [0.2, 0.25) is 5.91 Å². The first-order chi connectivity index (χ1) is 15.1. The molecule has 0 saturated carbocycles. The molecule has 158 valence electrons. The maximum Gasteiger partial charge on any atom is 0.253 e. The van der Waals surface area contributed by atoms with Crippen molar-refractivity contribution in [2.45, 2.75) is 18.9 Å². The minimum atomic E-state index is -0.305. The molecule has 6 heteroatoms. The first-order valence-corrected chi connectivity index (χ1v) is 10.8. The second-order valence-corrected chi connectivity index (χ2v) is 8.12. The molecule has 31 heavy (non-hydrogen) atoms. The Hall–Kier alpha value is -3.18.